The molecule has 1 amide bonds. The van der Waals surface area contributed by atoms with Crippen LogP contribution in [0.25, 0.3) is 0 Å². The van der Waals surface area contributed by atoms with E-state index in [0.29, 0.717) is 18.2 Å². The minimum atomic E-state index is -0.314. The van der Waals surface area contributed by atoms with Gasteiger partial charge in [-0.05, 0) is 48.6 Å². The Bertz CT molecular complexity index is 931. The fraction of sp³-hybridized carbons (Fsp3) is 0.250. The van der Waals surface area contributed by atoms with Crippen molar-refractivity contribution in [1.82, 2.24) is 14.9 Å². The zero-order chi connectivity index (χ0) is 18.6. The van der Waals surface area contributed by atoms with Gasteiger partial charge in [0.2, 0.25) is 5.95 Å². The Morgan fingerprint density at radius 3 is 3.04 bits per heavy atom. The maximum absolute atomic E-state index is 13.4. The summed E-state index contributed by atoms with van der Waals surface area (Å²) in [6.45, 7) is 1.41. The fourth-order valence-corrected chi connectivity index (χ4v) is 3.96. The van der Waals surface area contributed by atoms with Gasteiger partial charge >= 0.3 is 0 Å². The van der Waals surface area contributed by atoms with Gasteiger partial charge in [0.1, 0.15) is 5.82 Å². The SMILES string of the molecule is O=C(c1ccsc1)N1CCCC(c2ccnc(Nc3cccc(F)c3)n2)C1. The first-order valence-electron chi connectivity index (χ1n) is 8.86. The molecule has 1 atom stereocenters. The molecule has 5 nitrogen and oxygen atoms in total. The summed E-state index contributed by atoms with van der Waals surface area (Å²) in [5.74, 6) is 0.357. The lowest BCUT2D eigenvalue weighted by Gasteiger charge is -2.32. The van der Waals surface area contributed by atoms with E-state index in [0.717, 1.165) is 30.6 Å². The van der Waals surface area contributed by atoms with Crippen LogP contribution >= 0.6 is 11.3 Å². The van der Waals surface area contributed by atoms with Gasteiger partial charge in [-0.15, -0.1) is 0 Å². The Labute approximate surface area is 160 Å². The van der Waals surface area contributed by atoms with Gasteiger partial charge in [-0.1, -0.05) is 6.07 Å². The second-order valence-corrected chi connectivity index (χ2v) is 7.32. The molecule has 138 valence electrons. The molecule has 0 bridgehead atoms. The molecular formula is C20H19FN4OS. The minimum absolute atomic E-state index is 0.0770. The van der Waals surface area contributed by atoms with Crippen molar-refractivity contribution < 1.29 is 9.18 Å². The van der Waals surface area contributed by atoms with E-state index in [1.54, 1.807) is 18.3 Å². The van der Waals surface area contributed by atoms with Crippen LogP contribution in [0, 0.1) is 5.82 Å². The van der Waals surface area contributed by atoms with E-state index < -0.39 is 0 Å². The highest BCUT2D eigenvalue weighted by Crippen LogP contribution is 2.27. The summed E-state index contributed by atoms with van der Waals surface area (Å²) in [5.41, 5.74) is 2.24. The van der Waals surface area contributed by atoms with E-state index >= 15 is 0 Å². The number of nitrogens with zero attached hydrogens (tertiary/aromatic N) is 3. The lowest BCUT2D eigenvalue weighted by atomic mass is 9.94. The lowest BCUT2D eigenvalue weighted by Crippen LogP contribution is -2.39. The number of carbonyl (C=O) groups is 1. The summed E-state index contributed by atoms with van der Waals surface area (Å²) in [7, 11) is 0. The van der Waals surface area contributed by atoms with Crippen LogP contribution in [0.4, 0.5) is 16.0 Å². The number of carbonyl (C=O) groups excluding carboxylic acids is 1. The van der Waals surface area contributed by atoms with Crippen LogP contribution in [0.15, 0.2) is 53.4 Å². The number of hydrogen-bond donors (Lipinski definition) is 1. The first kappa shape index (κ1) is 17.6. The third kappa shape index (κ3) is 4.14. The largest absolute Gasteiger partial charge is 0.338 e. The first-order valence-corrected chi connectivity index (χ1v) is 9.80. The monoisotopic (exact) mass is 382 g/mol. The summed E-state index contributed by atoms with van der Waals surface area (Å²) in [6.07, 6.45) is 3.62. The average Bonchev–Trinajstić information content (AvgIpc) is 3.23. The van der Waals surface area contributed by atoms with Crippen molar-refractivity contribution in [3.05, 3.63) is 70.4 Å². The predicted molar refractivity (Wildman–Crippen MR) is 104 cm³/mol. The average molecular weight is 382 g/mol. The smallest absolute Gasteiger partial charge is 0.254 e. The number of anilines is 2. The summed E-state index contributed by atoms with van der Waals surface area (Å²) < 4.78 is 13.4. The molecule has 1 aliphatic rings. The second-order valence-electron chi connectivity index (χ2n) is 6.54. The Balaban J connectivity index is 1.48. The van der Waals surface area contributed by atoms with Gasteiger partial charge < -0.3 is 10.2 Å². The van der Waals surface area contributed by atoms with Crippen LogP contribution < -0.4 is 5.32 Å². The molecule has 1 N–H and O–H groups in total. The lowest BCUT2D eigenvalue weighted by molar-refractivity contribution is 0.0706. The highest BCUT2D eigenvalue weighted by atomic mass is 32.1. The van der Waals surface area contributed by atoms with E-state index in [4.69, 9.17) is 0 Å². The number of piperidine rings is 1. The van der Waals surface area contributed by atoms with Crippen LogP contribution in [0.1, 0.15) is 34.8 Å². The molecular weight excluding hydrogens is 363 g/mol. The van der Waals surface area contributed by atoms with E-state index in [9.17, 15) is 9.18 Å². The molecule has 0 spiro atoms. The second kappa shape index (κ2) is 7.84. The van der Waals surface area contributed by atoms with E-state index in [1.807, 2.05) is 27.8 Å². The number of halogens is 1. The first-order chi connectivity index (χ1) is 13.2. The van der Waals surface area contributed by atoms with Crippen LogP contribution in [-0.2, 0) is 0 Å². The normalized spacial score (nSPS) is 16.9. The molecule has 3 heterocycles. The van der Waals surface area contributed by atoms with Crippen molar-refractivity contribution in [3.8, 4) is 0 Å². The molecule has 1 saturated heterocycles. The van der Waals surface area contributed by atoms with Crippen molar-refractivity contribution in [2.24, 2.45) is 0 Å². The molecule has 0 radical (unpaired) electrons. The summed E-state index contributed by atoms with van der Waals surface area (Å²) in [4.78, 5) is 23.4. The van der Waals surface area contributed by atoms with Gasteiger partial charge in [-0.2, -0.15) is 11.3 Å². The molecule has 3 aromatic rings. The molecule has 27 heavy (non-hydrogen) atoms. The Kier molecular flexibility index (Phi) is 5.11. The molecule has 2 aromatic heterocycles. The summed E-state index contributed by atoms with van der Waals surface area (Å²) in [6, 6.07) is 9.95. The maximum atomic E-state index is 13.4. The van der Waals surface area contributed by atoms with Crippen LogP contribution in [0.3, 0.4) is 0 Å². The number of thiophene rings is 1. The zero-order valence-electron chi connectivity index (χ0n) is 14.6. The molecule has 0 saturated carbocycles. The third-order valence-corrected chi connectivity index (χ3v) is 5.34. The number of hydrogen-bond acceptors (Lipinski definition) is 5. The van der Waals surface area contributed by atoms with Crippen molar-refractivity contribution >= 4 is 28.9 Å². The van der Waals surface area contributed by atoms with Gasteiger partial charge in [0.05, 0.1) is 11.3 Å². The highest BCUT2D eigenvalue weighted by molar-refractivity contribution is 7.08. The van der Waals surface area contributed by atoms with Gasteiger partial charge in [0, 0.05) is 36.3 Å². The fourth-order valence-electron chi connectivity index (χ4n) is 3.33. The van der Waals surface area contributed by atoms with Gasteiger partial charge in [-0.25, -0.2) is 14.4 Å². The standard InChI is InChI=1S/C20H19FN4OS/c21-16-4-1-5-17(11-16)23-20-22-8-6-18(24-20)14-3-2-9-25(12-14)19(26)15-7-10-27-13-15/h1,4-8,10-11,13-14H,2-3,9,12H2,(H,22,23,24). The van der Waals surface area contributed by atoms with Crippen molar-refractivity contribution in [2.75, 3.05) is 18.4 Å². The summed E-state index contributed by atoms with van der Waals surface area (Å²) >= 11 is 1.53. The van der Waals surface area contributed by atoms with Crippen LogP contribution in [0.2, 0.25) is 0 Å². The minimum Gasteiger partial charge on any atom is -0.338 e. The van der Waals surface area contributed by atoms with E-state index in [-0.39, 0.29) is 17.6 Å². The number of likely N-dealkylation sites (tertiary alicyclic amines) is 1. The molecule has 0 aliphatic carbocycles. The molecule has 1 fully saturated rings. The predicted octanol–water partition coefficient (Wildman–Crippen LogP) is 4.44. The van der Waals surface area contributed by atoms with Crippen molar-refractivity contribution in [3.63, 3.8) is 0 Å². The van der Waals surface area contributed by atoms with Crippen LogP contribution in [-0.4, -0.2) is 33.9 Å². The quantitative estimate of drug-likeness (QED) is 0.725. The number of amides is 1. The Morgan fingerprint density at radius 2 is 2.22 bits per heavy atom. The highest BCUT2D eigenvalue weighted by Gasteiger charge is 2.26. The number of benzene rings is 1. The number of rotatable bonds is 4. The van der Waals surface area contributed by atoms with Gasteiger partial charge in [-0.3, -0.25) is 4.79 Å². The molecule has 1 aliphatic heterocycles. The Morgan fingerprint density at radius 1 is 1.30 bits per heavy atom. The molecule has 1 aromatic carbocycles. The van der Waals surface area contributed by atoms with E-state index in [1.165, 1.54) is 23.5 Å². The molecule has 7 heteroatoms. The van der Waals surface area contributed by atoms with Gasteiger partial charge in [0.15, 0.2) is 0 Å². The van der Waals surface area contributed by atoms with Gasteiger partial charge in [0.25, 0.3) is 5.91 Å². The molecule has 1 unspecified atom stereocenters. The zero-order valence-corrected chi connectivity index (χ0v) is 15.5. The molecule has 4 rings (SSSR count). The third-order valence-electron chi connectivity index (χ3n) is 4.65. The van der Waals surface area contributed by atoms with Crippen molar-refractivity contribution in [2.45, 2.75) is 18.8 Å². The number of nitrogens with one attached hydrogen (secondary N) is 1. The summed E-state index contributed by atoms with van der Waals surface area (Å²) in [5, 5.41) is 6.85. The van der Waals surface area contributed by atoms with Crippen LogP contribution in [0.5, 0.6) is 0 Å². The van der Waals surface area contributed by atoms with Crippen molar-refractivity contribution in [1.29, 1.82) is 0 Å². The number of aromatic nitrogens is 2. The van der Waals surface area contributed by atoms with E-state index in [2.05, 4.69) is 15.3 Å². The topological polar surface area (TPSA) is 58.1 Å². The Hall–Kier alpha value is -2.80. The maximum Gasteiger partial charge on any atom is 0.254 e.